The van der Waals surface area contributed by atoms with E-state index in [1.165, 1.54) is 12.3 Å². The fourth-order valence-electron chi connectivity index (χ4n) is 0.904. The zero-order valence-electron chi connectivity index (χ0n) is 10.0. The van der Waals surface area contributed by atoms with Crippen LogP contribution in [0.3, 0.4) is 0 Å². The predicted octanol–water partition coefficient (Wildman–Crippen LogP) is 3.70. The van der Waals surface area contributed by atoms with Crippen LogP contribution in [-0.2, 0) is 0 Å². The first-order chi connectivity index (χ1) is 7.22. The number of nitrogens with zero attached hydrogens (tertiary/aromatic N) is 1. The highest BCUT2D eigenvalue weighted by atomic mass is 19.1. The smallest absolute Gasteiger partial charge is 0.141 e. The molecule has 0 aromatic carbocycles. The topological polar surface area (TPSA) is 24.9 Å². The van der Waals surface area contributed by atoms with Crippen LogP contribution in [0.15, 0.2) is 18.3 Å². The van der Waals surface area contributed by atoms with Gasteiger partial charge in [0.25, 0.3) is 0 Å². The van der Waals surface area contributed by atoms with E-state index < -0.39 is 0 Å². The summed E-state index contributed by atoms with van der Waals surface area (Å²) in [5, 5.41) is 3.14. The molecule has 0 amide bonds. The molecule has 1 N–H and O–H groups in total. The maximum Gasteiger partial charge on any atom is 0.141 e. The first-order valence-corrected chi connectivity index (χ1v) is 5.57. The van der Waals surface area contributed by atoms with Gasteiger partial charge in [0.15, 0.2) is 0 Å². The summed E-state index contributed by atoms with van der Waals surface area (Å²) in [6.07, 6.45) is 2.35. The monoisotopic (exact) mass is 212 g/mol. The summed E-state index contributed by atoms with van der Waals surface area (Å²) in [6.45, 7) is 9.19. The number of nitrogens with one attached hydrogen (secondary N) is 1. The zero-order chi connectivity index (χ0) is 11.7. The molecule has 0 saturated carbocycles. The van der Waals surface area contributed by atoms with Crippen LogP contribution in [0.2, 0.25) is 0 Å². The van der Waals surface area contributed by atoms with Gasteiger partial charge in [-0.1, -0.05) is 34.1 Å². The largest absolute Gasteiger partial charge is 0.370 e. The molecule has 1 aromatic rings. The lowest BCUT2D eigenvalue weighted by Gasteiger charge is -2.09. The second kappa shape index (κ2) is 8.21. The maximum absolute atomic E-state index is 12.5. The van der Waals surface area contributed by atoms with Gasteiger partial charge in [0.2, 0.25) is 0 Å². The van der Waals surface area contributed by atoms with Crippen LogP contribution in [0.25, 0.3) is 0 Å². The van der Waals surface area contributed by atoms with E-state index in [9.17, 15) is 4.39 Å². The fraction of sp³-hybridized carbons (Fsp3) is 0.583. The van der Waals surface area contributed by atoms with Gasteiger partial charge in [-0.05, 0) is 18.1 Å². The minimum Gasteiger partial charge on any atom is -0.370 e. The van der Waals surface area contributed by atoms with Gasteiger partial charge < -0.3 is 5.32 Å². The Hall–Kier alpha value is -1.12. The molecule has 1 rings (SSSR count). The molecule has 15 heavy (non-hydrogen) atoms. The quantitative estimate of drug-likeness (QED) is 0.823. The Kier molecular flexibility index (Phi) is 7.60. The molecule has 1 unspecified atom stereocenters. The maximum atomic E-state index is 12.5. The van der Waals surface area contributed by atoms with E-state index in [2.05, 4.69) is 24.1 Å². The van der Waals surface area contributed by atoms with Crippen LogP contribution in [0, 0.1) is 11.7 Å². The van der Waals surface area contributed by atoms with Gasteiger partial charge >= 0.3 is 0 Å². The molecule has 0 spiro atoms. The van der Waals surface area contributed by atoms with E-state index in [0.29, 0.717) is 5.92 Å². The van der Waals surface area contributed by atoms with Crippen molar-refractivity contribution in [1.29, 1.82) is 0 Å². The van der Waals surface area contributed by atoms with Crippen molar-refractivity contribution in [3.05, 3.63) is 24.1 Å². The first kappa shape index (κ1) is 13.9. The normalized spacial score (nSPS) is 11.3. The van der Waals surface area contributed by atoms with Crippen molar-refractivity contribution in [2.24, 2.45) is 5.92 Å². The molecule has 1 aromatic heterocycles. The van der Waals surface area contributed by atoms with E-state index in [1.54, 1.807) is 6.07 Å². The molecule has 0 fully saturated rings. The van der Waals surface area contributed by atoms with Crippen LogP contribution in [0.5, 0.6) is 0 Å². The molecular weight excluding hydrogens is 191 g/mol. The molecule has 0 bridgehead atoms. The van der Waals surface area contributed by atoms with Gasteiger partial charge in [0, 0.05) is 6.54 Å². The highest BCUT2D eigenvalue weighted by molar-refractivity contribution is 5.33. The average Bonchev–Trinajstić information content (AvgIpc) is 2.30. The van der Waals surface area contributed by atoms with Crippen molar-refractivity contribution in [2.45, 2.75) is 34.1 Å². The molecule has 86 valence electrons. The minimum absolute atomic E-state index is 0.297. The van der Waals surface area contributed by atoms with E-state index in [-0.39, 0.29) is 5.82 Å². The van der Waals surface area contributed by atoms with E-state index in [0.717, 1.165) is 18.8 Å². The van der Waals surface area contributed by atoms with Gasteiger partial charge in [-0.25, -0.2) is 9.37 Å². The third-order valence-electron chi connectivity index (χ3n) is 2.06. The summed E-state index contributed by atoms with van der Waals surface area (Å²) in [5.74, 6) is 1.06. The summed E-state index contributed by atoms with van der Waals surface area (Å²) in [7, 11) is 0. The third kappa shape index (κ3) is 6.05. The summed E-state index contributed by atoms with van der Waals surface area (Å²) in [4.78, 5) is 3.90. The molecule has 3 heteroatoms. The zero-order valence-corrected chi connectivity index (χ0v) is 10.0. The molecule has 0 aliphatic heterocycles. The third-order valence-corrected chi connectivity index (χ3v) is 2.06. The Balaban J connectivity index is 0.000000921. The molecular formula is C12H21FN2. The van der Waals surface area contributed by atoms with Gasteiger partial charge in [0.1, 0.15) is 11.6 Å². The number of halogens is 1. The SMILES string of the molecule is CC.CCC(C)CNc1ccc(F)cn1. The number of pyridine rings is 1. The standard InChI is InChI=1S/C10H15FN2.C2H6/c1-3-8(2)6-12-10-5-4-9(11)7-13-10;1-2/h4-5,7-8H,3,6H2,1-2H3,(H,12,13);1-2H3. The van der Waals surface area contributed by atoms with Crippen LogP contribution >= 0.6 is 0 Å². The highest BCUT2D eigenvalue weighted by Crippen LogP contribution is 2.06. The lowest BCUT2D eigenvalue weighted by Crippen LogP contribution is -2.11. The summed E-state index contributed by atoms with van der Waals surface area (Å²) < 4.78 is 12.5. The molecule has 0 radical (unpaired) electrons. The summed E-state index contributed by atoms with van der Waals surface area (Å²) in [5.41, 5.74) is 0. The van der Waals surface area contributed by atoms with Crippen LogP contribution in [0.1, 0.15) is 34.1 Å². The average molecular weight is 212 g/mol. The number of anilines is 1. The van der Waals surface area contributed by atoms with Gasteiger partial charge in [0.05, 0.1) is 6.20 Å². The highest BCUT2D eigenvalue weighted by Gasteiger charge is 1.98. The Bertz CT molecular complexity index is 246. The van der Waals surface area contributed by atoms with Crippen molar-refractivity contribution >= 4 is 5.82 Å². The molecule has 0 saturated heterocycles. The number of hydrogen-bond donors (Lipinski definition) is 1. The fourth-order valence-corrected chi connectivity index (χ4v) is 0.904. The predicted molar refractivity (Wildman–Crippen MR) is 63.5 cm³/mol. The van der Waals surface area contributed by atoms with Crippen LogP contribution in [0.4, 0.5) is 10.2 Å². The summed E-state index contributed by atoms with van der Waals surface area (Å²) in [6, 6.07) is 3.06. The minimum atomic E-state index is -0.297. The van der Waals surface area contributed by atoms with Gasteiger partial charge in [-0.3, -0.25) is 0 Å². The lowest BCUT2D eigenvalue weighted by molar-refractivity contribution is 0.591. The number of rotatable bonds is 4. The first-order valence-electron chi connectivity index (χ1n) is 5.57. The van der Waals surface area contributed by atoms with Gasteiger partial charge in [-0.15, -0.1) is 0 Å². The number of aromatic nitrogens is 1. The van der Waals surface area contributed by atoms with Crippen molar-refractivity contribution < 1.29 is 4.39 Å². The Morgan fingerprint density at radius 3 is 2.53 bits per heavy atom. The van der Waals surface area contributed by atoms with Gasteiger partial charge in [-0.2, -0.15) is 0 Å². The van der Waals surface area contributed by atoms with Crippen molar-refractivity contribution in [3.63, 3.8) is 0 Å². The van der Waals surface area contributed by atoms with Crippen molar-refractivity contribution in [1.82, 2.24) is 4.98 Å². The van der Waals surface area contributed by atoms with Crippen LogP contribution in [-0.4, -0.2) is 11.5 Å². The Morgan fingerprint density at radius 2 is 2.07 bits per heavy atom. The van der Waals surface area contributed by atoms with Crippen LogP contribution < -0.4 is 5.32 Å². The Morgan fingerprint density at radius 1 is 1.40 bits per heavy atom. The molecule has 0 aliphatic rings. The van der Waals surface area contributed by atoms with E-state index in [1.807, 2.05) is 13.8 Å². The molecule has 2 nitrogen and oxygen atoms in total. The van der Waals surface area contributed by atoms with Crippen molar-refractivity contribution in [3.8, 4) is 0 Å². The second-order valence-electron chi connectivity index (χ2n) is 3.26. The van der Waals surface area contributed by atoms with E-state index >= 15 is 0 Å². The second-order valence-corrected chi connectivity index (χ2v) is 3.26. The van der Waals surface area contributed by atoms with Crippen molar-refractivity contribution in [2.75, 3.05) is 11.9 Å². The summed E-state index contributed by atoms with van der Waals surface area (Å²) >= 11 is 0. The number of hydrogen-bond acceptors (Lipinski definition) is 2. The molecule has 0 aliphatic carbocycles. The Labute approximate surface area is 91.9 Å². The molecule has 1 heterocycles. The lowest BCUT2D eigenvalue weighted by atomic mass is 10.1. The van der Waals surface area contributed by atoms with E-state index in [4.69, 9.17) is 0 Å². The molecule has 1 atom stereocenters.